The van der Waals surface area contributed by atoms with Gasteiger partial charge < -0.3 is 13.8 Å². The molecule has 0 spiro atoms. The number of benzene rings is 1. The van der Waals surface area contributed by atoms with Crippen LogP contribution in [0, 0.1) is 5.82 Å². The number of carbonyl (C=O) groups is 2. The molecule has 0 fully saturated rings. The zero-order valence-electron chi connectivity index (χ0n) is 15.4. The summed E-state index contributed by atoms with van der Waals surface area (Å²) in [7, 11) is -3.53. The van der Waals surface area contributed by atoms with Crippen molar-refractivity contribution in [1.29, 1.82) is 0 Å². The van der Waals surface area contributed by atoms with Crippen LogP contribution in [0.5, 0.6) is 0 Å². The normalized spacial score (nSPS) is 12.6. The second-order valence-electron chi connectivity index (χ2n) is 5.63. The van der Waals surface area contributed by atoms with Crippen molar-refractivity contribution in [3.05, 3.63) is 35.6 Å². The van der Waals surface area contributed by atoms with Gasteiger partial charge in [0.05, 0.1) is 13.2 Å². The molecule has 26 heavy (non-hydrogen) atoms. The highest BCUT2D eigenvalue weighted by atomic mass is 31.2. The van der Waals surface area contributed by atoms with Gasteiger partial charge in [-0.05, 0) is 38.0 Å². The van der Waals surface area contributed by atoms with E-state index >= 15 is 0 Å². The summed E-state index contributed by atoms with van der Waals surface area (Å²) >= 11 is 0. The Morgan fingerprint density at radius 2 is 1.65 bits per heavy atom. The largest absolute Gasteiger partial charge is 0.457 e. The molecule has 1 aromatic carbocycles. The summed E-state index contributed by atoms with van der Waals surface area (Å²) in [4.78, 5) is 24.3. The first kappa shape index (κ1) is 22.5. The Morgan fingerprint density at radius 3 is 2.15 bits per heavy atom. The minimum absolute atomic E-state index is 0.150. The summed E-state index contributed by atoms with van der Waals surface area (Å²) in [5, 5.41) is 0. The molecule has 146 valence electrons. The van der Waals surface area contributed by atoms with Crippen molar-refractivity contribution < 1.29 is 32.3 Å². The maximum Gasteiger partial charge on any atom is 0.338 e. The van der Waals surface area contributed by atoms with E-state index in [2.05, 4.69) is 0 Å². The number of ether oxygens (including phenoxy) is 1. The number of Topliss-reactive ketones (excluding diaryl/α,β-unsaturated/α-hetero) is 1. The molecule has 0 aliphatic carbocycles. The van der Waals surface area contributed by atoms with Crippen LogP contribution in [-0.2, 0) is 27.9 Å². The van der Waals surface area contributed by atoms with Crippen LogP contribution < -0.4 is 0 Å². The van der Waals surface area contributed by atoms with Gasteiger partial charge in [0.1, 0.15) is 23.9 Å². The summed E-state index contributed by atoms with van der Waals surface area (Å²) in [5.74, 6) is -1.31. The number of ketones is 1. The van der Waals surface area contributed by atoms with Gasteiger partial charge in [-0.25, -0.2) is 4.39 Å². The molecule has 1 unspecified atom stereocenters. The number of rotatable bonds is 12. The molecular formula is C18H26FO6P. The molecule has 0 heterocycles. The topological polar surface area (TPSA) is 78.9 Å². The average Bonchev–Trinajstić information content (AvgIpc) is 2.55. The highest BCUT2D eigenvalue weighted by Crippen LogP contribution is 2.48. The van der Waals surface area contributed by atoms with Gasteiger partial charge in [0.25, 0.3) is 0 Å². The average molecular weight is 388 g/mol. The minimum atomic E-state index is -3.53. The molecule has 0 bridgehead atoms. The van der Waals surface area contributed by atoms with Gasteiger partial charge in [0, 0.05) is 12.8 Å². The fourth-order valence-electron chi connectivity index (χ4n) is 2.34. The van der Waals surface area contributed by atoms with Crippen LogP contribution >= 0.6 is 7.60 Å². The molecule has 0 saturated heterocycles. The smallest absolute Gasteiger partial charge is 0.338 e. The summed E-state index contributed by atoms with van der Waals surface area (Å²) < 4.78 is 41.2. The zero-order valence-corrected chi connectivity index (χ0v) is 16.3. The first-order valence-electron chi connectivity index (χ1n) is 8.68. The van der Waals surface area contributed by atoms with E-state index in [0.717, 1.165) is 0 Å². The minimum Gasteiger partial charge on any atom is -0.457 e. The van der Waals surface area contributed by atoms with Crippen LogP contribution in [0.15, 0.2) is 24.3 Å². The van der Waals surface area contributed by atoms with E-state index in [4.69, 9.17) is 13.8 Å². The van der Waals surface area contributed by atoms with Gasteiger partial charge in [0.2, 0.25) is 0 Å². The second kappa shape index (κ2) is 11.2. The van der Waals surface area contributed by atoms with Gasteiger partial charge in [-0.1, -0.05) is 19.1 Å². The molecular weight excluding hydrogens is 362 g/mol. The van der Waals surface area contributed by atoms with Crippen molar-refractivity contribution >= 4 is 19.3 Å². The van der Waals surface area contributed by atoms with Crippen LogP contribution in [-0.4, -0.2) is 31.1 Å². The molecule has 6 nitrogen and oxygen atoms in total. The molecule has 0 radical (unpaired) electrons. The highest BCUT2D eigenvalue weighted by Gasteiger charge is 2.30. The second-order valence-corrected chi connectivity index (χ2v) is 7.68. The lowest BCUT2D eigenvalue weighted by molar-refractivity contribution is -0.150. The number of hydrogen-bond acceptors (Lipinski definition) is 6. The first-order valence-corrected chi connectivity index (χ1v) is 10.4. The molecule has 8 heteroatoms. The Labute approximate surface area is 153 Å². The molecule has 0 aromatic heterocycles. The van der Waals surface area contributed by atoms with Crippen molar-refractivity contribution in [3.63, 3.8) is 0 Å². The van der Waals surface area contributed by atoms with Crippen molar-refractivity contribution in [1.82, 2.24) is 0 Å². The van der Waals surface area contributed by atoms with Gasteiger partial charge in [-0.2, -0.15) is 0 Å². The summed E-state index contributed by atoms with van der Waals surface area (Å²) in [6.07, 6.45) is -0.656. The van der Waals surface area contributed by atoms with E-state index in [9.17, 15) is 18.5 Å². The number of carbonyl (C=O) groups excluding carboxylic acids is 2. The van der Waals surface area contributed by atoms with Crippen LogP contribution in [0.2, 0.25) is 0 Å². The maximum absolute atomic E-state index is 13.1. The molecule has 1 atom stereocenters. The zero-order chi connectivity index (χ0) is 19.6. The fraction of sp³-hybridized carbons (Fsp3) is 0.556. The lowest BCUT2D eigenvalue weighted by atomic mass is 10.0. The van der Waals surface area contributed by atoms with Crippen molar-refractivity contribution in [2.24, 2.45) is 0 Å². The Morgan fingerprint density at radius 1 is 1.08 bits per heavy atom. The number of esters is 1. The van der Waals surface area contributed by atoms with Crippen LogP contribution in [0.3, 0.4) is 0 Å². The van der Waals surface area contributed by atoms with Gasteiger partial charge in [-0.15, -0.1) is 0 Å². The summed E-state index contributed by atoms with van der Waals surface area (Å²) in [5.41, 5.74) is 0.492. The van der Waals surface area contributed by atoms with E-state index in [-0.39, 0.29) is 26.1 Å². The Balaban J connectivity index is 2.89. The van der Waals surface area contributed by atoms with E-state index in [0.29, 0.717) is 12.0 Å². The van der Waals surface area contributed by atoms with E-state index in [1.54, 1.807) is 13.8 Å². The van der Waals surface area contributed by atoms with Crippen molar-refractivity contribution in [3.8, 4) is 0 Å². The third-order valence-corrected chi connectivity index (χ3v) is 5.45. The lowest BCUT2D eigenvalue weighted by Gasteiger charge is -2.20. The van der Waals surface area contributed by atoms with Gasteiger partial charge >= 0.3 is 13.6 Å². The highest BCUT2D eigenvalue weighted by molar-refractivity contribution is 7.54. The number of hydrogen-bond donors (Lipinski definition) is 0. The third-order valence-electron chi connectivity index (χ3n) is 3.40. The predicted molar refractivity (Wildman–Crippen MR) is 95.5 cm³/mol. The lowest BCUT2D eigenvalue weighted by Crippen LogP contribution is -2.18. The predicted octanol–water partition coefficient (Wildman–Crippen LogP) is 4.44. The SMILES string of the molecule is CCCC(=O)OC(CC(=O)CP(=O)(OCC)OCC)c1ccc(F)cc1. The molecule has 1 rings (SSSR count). The Kier molecular flexibility index (Phi) is 9.70. The fourth-order valence-corrected chi connectivity index (χ4v) is 3.94. The quantitative estimate of drug-likeness (QED) is 0.389. The molecule has 1 aromatic rings. The Hall–Kier alpha value is -1.56. The van der Waals surface area contributed by atoms with E-state index < -0.39 is 37.4 Å². The monoisotopic (exact) mass is 388 g/mol. The Bertz CT molecular complexity index is 621. The summed E-state index contributed by atoms with van der Waals surface area (Å²) in [6.45, 7) is 5.45. The molecule has 0 amide bonds. The molecule has 0 aliphatic heterocycles. The van der Waals surface area contributed by atoms with Gasteiger partial charge in [0.15, 0.2) is 0 Å². The standard InChI is InChI=1S/C18H26FO6P/c1-4-7-18(21)25-17(14-8-10-15(19)11-9-14)12-16(20)13-26(22,23-5-2)24-6-3/h8-11,17H,4-7,12-13H2,1-3H3. The molecule has 0 saturated carbocycles. The van der Waals surface area contributed by atoms with Gasteiger partial charge in [-0.3, -0.25) is 14.2 Å². The first-order chi connectivity index (χ1) is 12.3. The van der Waals surface area contributed by atoms with E-state index in [1.807, 2.05) is 6.92 Å². The van der Waals surface area contributed by atoms with Crippen molar-refractivity contribution in [2.45, 2.75) is 46.1 Å². The maximum atomic E-state index is 13.1. The van der Waals surface area contributed by atoms with E-state index in [1.165, 1.54) is 24.3 Å². The molecule has 0 N–H and O–H groups in total. The van der Waals surface area contributed by atoms with Crippen molar-refractivity contribution in [2.75, 3.05) is 19.4 Å². The van der Waals surface area contributed by atoms with Crippen LogP contribution in [0.1, 0.15) is 51.7 Å². The summed E-state index contributed by atoms with van der Waals surface area (Å²) in [6, 6.07) is 5.37. The number of halogens is 1. The van der Waals surface area contributed by atoms with Crippen LogP contribution in [0.4, 0.5) is 4.39 Å². The van der Waals surface area contributed by atoms with Crippen LogP contribution in [0.25, 0.3) is 0 Å². The third kappa shape index (κ3) is 7.77. The molecule has 0 aliphatic rings.